The number of rotatable bonds is 8. The van der Waals surface area contributed by atoms with Gasteiger partial charge in [-0.15, -0.1) is 0 Å². The van der Waals surface area contributed by atoms with Crippen LogP contribution in [0.3, 0.4) is 0 Å². The monoisotopic (exact) mass is 354 g/mol. The Labute approximate surface area is 152 Å². The lowest BCUT2D eigenvalue weighted by Crippen LogP contribution is -2.13. The smallest absolute Gasteiger partial charge is 0.303 e. The lowest BCUT2D eigenvalue weighted by atomic mass is 10.1. The molecule has 0 saturated heterocycles. The average molecular weight is 354 g/mol. The summed E-state index contributed by atoms with van der Waals surface area (Å²) in [7, 11) is 0. The molecule has 2 aromatic rings. The predicted molar refractivity (Wildman–Crippen MR) is 96.5 cm³/mol. The normalized spacial score (nSPS) is 13.2. The first-order chi connectivity index (χ1) is 12.6. The van der Waals surface area contributed by atoms with E-state index in [4.69, 9.17) is 9.47 Å². The van der Waals surface area contributed by atoms with Crippen molar-refractivity contribution < 1.29 is 19.1 Å². The zero-order valence-corrected chi connectivity index (χ0v) is 14.9. The molecule has 0 N–H and O–H groups in total. The minimum absolute atomic E-state index is 0.200. The number of hydrogen-bond donors (Lipinski definition) is 0. The molecule has 2 aromatic carbocycles. The van der Waals surface area contributed by atoms with Crippen LogP contribution in [0.1, 0.15) is 37.2 Å². The minimum atomic E-state index is -0.499. The molecule has 6 nitrogen and oxygen atoms in total. The van der Waals surface area contributed by atoms with Gasteiger partial charge in [-0.05, 0) is 11.1 Å². The number of ether oxygens (including phenoxy) is 2. The molecular formula is C20H22N2O4. The molecule has 6 heteroatoms. The van der Waals surface area contributed by atoms with Gasteiger partial charge in [-0.2, -0.15) is 10.2 Å². The standard InChI is InChI=1S/C20H22N2O4/c1-15(23)25-19(17-9-5-3-6-10-17)13-21-22-14-20(26-16(2)24)18-11-7-4-8-12-18/h3-12,19-20H,13-14H2,1-2H3. The van der Waals surface area contributed by atoms with Crippen LogP contribution in [0, 0.1) is 0 Å². The fourth-order valence-electron chi connectivity index (χ4n) is 2.42. The van der Waals surface area contributed by atoms with Crippen LogP contribution in [0.5, 0.6) is 0 Å². The van der Waals surface area contributed by atoms with Gasteiger partial charge in [0.25, 0.3) is 0 Å². The van der Waals surface area contributed by atoms with Crippen molar-refractivity contribution in [3.63, 3.8) is 0 Å². The highest BCUT2D eigenvalue weighted by atomic mass is 16.5. The molecule has 0 amide bonds. The van der Waals surface area contributed by atoms with E-state index >= 15 is 0 Å². The van der Waals surface area contributed by atoms with Crippen LogP contribution in [0.4, 0.5) is 0 Å². The van der Waals surface area contributed by atoms with E-state index in [9.17, 15) is 9.59 Å². The number of esters is 2. The maximum atomic E-state index is 11.3. The van der Waals surface area contributed by atoms with Crippen molar-refractivity contribution in [2.24, 2.45) is 10.2 Å². The first-order valence-corrected chi connectivity index (χ1v) is 8.34. The highest BCUT2D eigenvalue weighted by Crippen LogP contribution is 2.20. The van der Waals surface area contributed by atoms with Crippen molar-refractivity contribution >= 4 is 11.9 Å². The van der Waals surface area contributed by atoms with Gasteiger partial charge in [-0.1, -0.05) is 60.7 Å². The van der Waals surface area contributed by atoms with Crippen molar-refractivity contribution in [3.05, 3.63) is 71.8 Å². The fraction of sp³-hybridized carbons (Fsp3) is 0.300. The molecule has 0 spiro atoms. The van der Waals surface area contributed by atoms with Crippen LogP contribution < -0.4 is 0 Å². The van der Waals surface area contributed by atoms with Crippen molar-refractivity contribution in [2.75, 3.05) is 13.1 Å². The van der Waals surface area contributed by atoms with Crippen LogP contribution in [0.15, 0.2) is 70.9 Å². The lowest BCUT2D eigenvalue weighted by molar-refractivity contribution is -0.147. The SMILES string of the molecule is CC(=O)OC(CN=NCC(OC(C)=O)c1ccccc1)c1ccccc1. The average Bonchev–Trinajstić information content (AvgIpc) is 2.64. The fourth-order valence-corrected chi connectivity index (χ4v) is 2.42. The van der Waals surface area contributed by atoms with Crippen LogP contribution in [-0.4, -0.2) is 25.0 Å². The number of benzene rings is 2. The summed E-state index contributed by atoms with van der Waals surface area (Å²) in [6.07, 6.45) is -0.997. The number of hydrogen-bond acceptors (Lipinski definition) is 6. The molecule has 2 atom stereocenters. The topological polar surface area (TPSA) is 77.3 Å². The molecule has 0 fully saturated rings. The van der Waals surface area contributed by atoms with Gasteiger partial charge in [0.2, 0.25) is 0 Å². The van der Waals surface area contributed by atoms with Crippen molar-refractivity contribution in [3.8, 4) is 0 Å². The molecule has 2 rings (SSSR count). The molecule has 0 aliphatic carbocycles. The van der Waals surface area contributed by atoms with E-state index in [1.807, 2.05) is 60.7 Å². The molecule has 0 radical (unpaired) electrons. The van der Waals surface area contributed by atoms with E-state index < -0.39 is 12.2 Å². The van der Waals surface area contributed by atoms with E-state index in [0.717, 1.165) is 11.1 Å². The summed E-state index contributed by atoms with van der Waals surface area (Å²) in [4.78, 5) is 22.6. The maximum absolute atomic E-state index is 11.3. The van der Waals surface area contributed by atoms with E-state index in [0.29, 0.717) is 0 Å². The molecule has 136 valence electrons. The van der Waals surface area contributed by atoms with Crippen LogP contribution >= 0.6 is 0 Å². The van der Waals surface area contributed by atoms with Gasteiger partial charge >= 0.3 is 11.9 Å². The maximum Gasteiger partial charge on any atom is 0.303 e. The number of nitrogens with zero attached hydrogens (tertiary/aromatic N) is 2. The Morgan fingerprint density at radius 2 is 1.08 bits per heavy atom. The third-order valence-corrected chi connectivity index (χ3v) is 3.55. The zero-order chi connectivity index (χ0) is 18.8. The Kier molecular flexibility index (Phi) is 7.49. The van der Waals surface area contributed by atoms with Gasteiger partial charge < -0.3 is 9.47 Å². The second-order valence-corrected chi connectivity index (χ2v) is 5.67. The molecule has 0 saturated carbocycles. The summed E-state index contributed by atoms with van der Waals surface area (Å²) in [5, 5.41) is 8.26. The Hall–Kier alpha value is -3.02. The highest BCUT2D eigenvalue weighted by molar-refractivity contribution is 5.66. The Bertz CT molecular complexity index is 668. The van der Waals surface area contributed by atoms with Crippen molar-refractivity contribution in [1.29, 1.82) is 0 Å². The second-order valence-electron chi connectivity index (χ2n) is 5.67. The van der Waals surface area contributed by atoms with Gasteiger partial charge in [0, 0.05) is 13.8 Å². The summed E-state index contributed by atoms with van der Waals surface area (Å²) >= 11 is 0. The van der Waals surface area contributed by atoms with E-state index in [1.54, 1.807) is 0 Å². The summed E-state index contributed by atoms with van der Waals surface area (Å²) in [6, 6.07) is 18.7. The molecule has 0 heterocycles. The Balaban J connectivity index is 2.01. The molecule has 2 unspecified atom stereocenters. The third kappa shape index (κ3) is 6.47. The van der Waals surface area contributed by atoms with E-state index in [1.165, 1.54) is 13.8 Å². The van der Waals surface area contributed by atoms with Crippen molar-refractivity contribution in [2.45, 2.75) is 26.1 Å². The predicted octanol–water partition coefficient (Wildman–Crippen LogP) is 4.05. The Morgan fingerprint density at radius 1 is 0.731 bits per heavy atom. The lowest BCUT2D eigenvalue weighted by Gasteiger charge is -2.16. The first-order valence-electron chi connectivity index (χ1n) is 8.34. The molecule has 26 heavy (non-hydrogen) atoms. The summed E-state index contributed by atoms with van der Waals surface area (Å²) < 4.78 is 10.6. The van der Waals surface area contributed by atoms with Gasteiger partial charge in [-0.25, -0.2) is 0 Å². The Morgan fingerprint density at radius 3 is 1.38 bits per heavy atom. The molecule has 0 aromatic heterocycles. The van der Waals surface area contributed by atoms with Gasteiger partial charge in [0.1, 0.15) is 25.3 Å². The highest BCUT2D eigenvalue weighted by Gasteiger charge is 2.16. The second kappa shape index (κ2) is 10.1. The van der Waals surface area contributed by atoms with Crippen LogP contribution in [0.25, 0.3) is 0 Å². The number of carbonyl (C=O) groups excluding carboxylic acids is 2. The first kappa shape index (κ1) is 19.3. The van der Waals surface area contributed by atoms with Gasteiger partial charge in [-0.3, -0.25) is 9.59 Å². The van der Waals surface area contributed by atoms with E-state index in [2.05, 4.69) is 10.2 Å². The number of azo groups is 1. The zero-order valence-electron chi connectivity index (χ0n) is 14.9. The van der Waals surface area contributed by atoms with Crippen LogP contribution in [-0.2, 0) is 19.1 Å². The van der Waals surface area contributed by atoms with Gasteiger partial charge in [0.05, 0.1) is 0 Å². The quantitative estimate of drug-likeness (QED) is 0.529. The third-order valence-electron chi connectivity index (χ3n) is 3.55. The molecule has 0 aliphatic rings. The van der Waals surface area contributed by atoms with Crippen LogP contribution in [0.2, 0.25) is 0 Å². The molecule has 0 aliphatic heterocycles. The summed E-state index contributed by atoms with van der Waals surface area (Å²) in [5.74, 6) is -0.757. The summed E-state index contributed by atoms with van der Waals surface area (Å²) in [5.41, 5.74) is 1.70. The minimum Gasteiger partial charge on any atom is -0.456 e. The largest absolute Gasteiger partial charge is 0.456 e. The summed E-state index contributed by atoms with van der Waals surface area (Å²) in [6.45, 7) is 3.12. The van der Waals surface area contributed by atoms with Crippen molar-refractivity contribution in [1.82, 2.24) is 0 Å². The molecular weight excluding hydrogens is 332 g/mol. The van der Waals surface area contributed by atoms with Gasteiger partial charge in [0.15, 0.2) is 0 Å². The van der Waals surface area contributed by atoms with E-state index in [-0.39, 0.29) is 25.0 Å². The number of carbonyl (C=O) groups is 2. The molecule has 0 bridgehead atoms.